The highest BCUT2D eigenvalue weighted by molar-refractivity contribution is 5.31. The lowest BCUT2D eigenvalue weighted by atomic mass is 9.95. The summed E-state index contributed by atoms with van der Waals surface area (Å²) in [6.45, 7) is 5.80. The maximum Gasteiger partial charge on any atom is 0.123 e. The van der Waals surface area contributed by atoms with Crippen LogP contribution in [0.5, 0.6) is 0 Å². The zero-order chi connectivity index (χ0) is 10.7. The highest BCUT2D eigenvalue weighted by Gasteiger charge is 2.08. The first kappa shape index (κ1) is 10.7. The van der Waals surface area contributed by atoms with Gasteiger partial charge in [0.25, 0.3) is 0 Å². The molecule has 1 atom stereocenters. The molecule has 1 unspecified atom stereocenters. The van der Waals surface area contributed by atoms with Crippen molar-refractivity contribution in [2.24, 2.45) is 0 Å². The Morgan fingerprint density at radius 2 is 1.71 bits per heavy atom. The van der Waals surface area contributed by atoms with E-state index in [1.165, 1.54) is 12.1 Å². The lowest BCUT2D eigenvalue weighted by molar-refractivity contribution is 0.620. The molecule has 0 N–H and O–H groups in total. The second-order valence-electron chi connectivity index (χ2n) is 3.82. The van der Waals surface area contributed by atoms with Gasteiger partial charge in [-0.05, 0) is 36.1 Å². The third-order valence-corrected chi connectivity index (χ3v) is 2.30. The fraction of sp³-hybridized carbons (Fsp3) is 0.417. The van der Waals surface area contributed by atoms with Gasteiger partial charge in [0, 0.05) is 0 Å². The van der Waals surface area contributed by atoms with Gasteiger partial charge in [-0.2, -0.15) is 5.26 Å². The molecule has 0 saturated heterocycles. The number of nitriles is 1. The number of halogens is 1. The zero-order valence-electron chi connectivity index (χ0n) is 8.71. The summed E-state index contributed by atoms with van der Waals surface area (Å²) in [5.74, 6) is -0.216. The molecule has 0 radical (unpaired) electrons. The number of benzene rings is 1. The van der Waals surface area contributed by atoms with Gasteiger partial charge in [-0.15, -0.1) is 0 Å². The van der Waals surface area contributed by atoms with Crippen molar-refractivity contribution in [3.05, 3.63) is 35.1 Å². The average molecular weight is 191 g/mol. The standard InChI is InChI=1S/C12H14FN/c1-8(2)10-4-11(9(3)7-14)6-12(13)5-10/h4-6,8-9H,1-3H3. The van der Waals surface area contributed by atoms with Crippen LogP contribution in [-0.4, -0.2) is 0 Å². The first-order chi connectivity index (χ1) is 6.54. The largest absolute Gasteiger partial charge is 0.207 e. The van der Waals surface area contributed by atoms with E-state index in [0.717, 1.165) is 11.1 Å². The van der Waals surface area contributed by atoms with Crippen molar-refractivity contribution in [3.63, 3.8) is 0 Å². The van der Waals surface area contributed by atoms with E-state index < -0.39 is 0 Å². The summed E-state index contributed by atoms with van der Waals surface area (Å²) in [5, 5.41) is 8.74. The van der Waals surface area contributed by atoms with Gasteiger partial charge >= 0.3 is 0 Å². The summed E-state index contributed by atoms with van der Waals surface area (Å²) in [5.41, 5.74) is 1.71. The van der Waals surface area contributed by atoms with E-state index in [1.807, 2.05) is 19.9 Å². The maximum atomic E-state index is 13.2. The maximum absolute atomic E-state index is 13.2. The van der Waals surface area contributed by atoms with Gasteiger partial charge in [-0.3, -0.25) is 0 Å². The van der Waals surface area contributed by atoms with E-state index >= 15 is 0 Å². The topological polar surface area (TPSA) is 23.8 Å². The molecule has 0 fully saturated rings. The first-order valence-corrected chi connectivity index (χ1v) is 4.74. The van der Waals surface area contributed by atoms with Crippen LogP contribution in [0.4, 0.5) is 4.39 Å². The summed E-state index contributed by atoms with van der Waals surface area (Å²) in [4.78, 5) is 0. The quantitative estimate of drug-likeness (QED) is 0.701. The molecule has 0 spiro atoms. The number of hydrogen-bond acceptors (Lipinski definition) is 1. The van der Waals surface area contributed by atoms with Crippen LogP contribution < -0.4 is 0 Å². The van der Waals surface area contributed by atoms with Crippen LogP contribution >= 0.6 is 0 Å². The predicted molar refractivity (Wildman–Crippen MR) is 54.5 cm³/mol. The zero-order valence-corrected chi connectivity index (χ0v) is 8.71. The predicted octanol–water partition coefficient (Wildman–Crippen LogP) is 3.58. The minimum absolute atomic E-state index is 0.247. The van der Waals surface area contributed by atoms with Crippen LogP contribution in [-0.2, 0) is 0 Å². The fourth-order valence-corrected chi connectivity index (χ4v) is 1.29. The Labute approximate surface area is 84.2 Å². The van der Waals surface area contributed by atoms with E-state index in [4.69, 9.17) is 5.26 Å². The van der Waals surface area contributed by atoms with Gasteiger partial charge in [-0.1, -0.05) is 19.9 Å². The second kappa shape index (κ2) is 4.23. The number of hydrogen-bond donors (Lipinski definition) is 0. The molecule has 0 aliphatic heterocycles. The molecule has 0 aliphatic rings. The van der Waals surface area contributed by atoms with E-state index in [0.29, 0.717) is 0 Å². The molecule has 1 aromatic rings. The summed E-state index contributed by atoms with van der Waals surface area (Å²) in [7, 11) is 0. The highest BCUT2D eigenvalue weighted by atomic mass is 19.1. The molecule has 0 bridgehead atoms. The van der Waals surface area contributed by atoms with Crippen molar-refractivity contribution >= 4 is 0 Å². The minimum Gasteiger partial charge on any atom is -0.207 e. The van der Waals surface area contributed by atoms with Crippen molar-refractivity contribution in [2.45, 2.75) is 32.6 Å². The van der Waals surface area contributed by atoms with Gasteiger partial charge in [0.05, 0.1) is 12.0 Å². The summed E-state index contributed by atoms with van der Waals surface area (Å²) in [6, 6.07) is 6.97. The lowest BCUT2D eigenvalue weighted by Crippen LogP contribution is -1.96. The normalized spacial score (nSPS) is 12.6. The molecule has 14 heavy (non-hydrogen) atoms. The molecule has 0 amide bonds. The molecule has 1 nitrogen and oxygen atoms in total. The van der Waals surface area contributed by atoms with E-state index in [-0.39, 0.29) is 17.7 Å². The molecule has 1 aromatic carbocycles. The Hall–Kier alpha value is -1.36. The van der Waals surface area contributed by atoms with Crippen LogP contribution in [0.2, 0.25) is 0 Å². The summed E-state index contributed by atoms with van der Waals surface area (Å²) in [6.07, 6.45) is 0. The molecule has 74 valence electrons. The summed E-state index contributed by atoms with van der Waals surface area (Å²) >= 11 is 0. The van der Waals surface area contributed by atoms with Gasteiger partial charge < -0.3 is 0 Å². The molecule has 0 saturated carbocycles. The van der Waals surface area contributed by atoms with E-state index in [1.54, 1.807) is 6.92 Å². The molecule has 0 heterocycles. The molecular formula is C12H14FN. The van der Waals surface area contributed by atoms with Crippen LogP contribution in [0, 0.1) is 17.1 Å². The number of nitrogens with zero attached hydrogens (tertiary/aromatic N) is 1. The van der Waals surface area contributed by atoms with Crippen molar-refractivity contribution in [1.82, 2.24) is 0 Å². The van der Waals surface area contributed by atoms with Crippen molar-refractivity contribution in [3.8, 4) is 6.07 Å². The first-order valence-electron chi connectivity index (χ1n) is 4.74. The summed E-state index contributed by atoms with van der Waals surface area (Å²) < 4.78 is 13.2. The van der Waals surface area contributed by atoms with Gasteiger partial charge in [-0.25, -0.2) is 4.39 Å². The Morgan fingerprint density at radius 3 is 2.21 bits per heavy atom. The van der Waals surface area contributed by atoms with Crippen molar-refractivity contribution in [2.75, 3.05) is 0 Å². The highest BCUT2D eigenvalue weighted by Crippen LogP contribution is 2.22. The Balaban J connectivity index is 3.15. The lowest BCUT2D eigenvalue weighted by Gasteiger charge is -2.09. The smallest absolute Gasteiger partial charge is 0.123 e. The van der Waals surface area contributed by atoms with Crippen molar-refractivity contribution < 1.29 is 4.39 Å². The van der Waals surface area contributed by atoms with Gasteiger partial charge in [0.15, 0.2) is 0 Å². The second-order valence-corrected chi connectivity index (χ2v) is 3.82. The van der Waals surface area contributed by atoms with Crippen LogP contribution in [0.25, 0.3) is 0 Å². The Kier molecular flexibility index (Phi) is 3.24. The van der Waals surface area contributed by atoms with Gasteiger partial charge in [0.1, 0.15) is 5.82 Å². The molecular weight excluding hydrogens is 177 g/mol. The fourth-order valence-electron chi connectivity index (χ4n) is 1.29. The Morgan fingerprint density at radius 1 is 1.14 bits per heavy atom. The minimum atomic E-state index is -0.256. The SMILES string of the molecule is CC(C)c1cc(F)cc(C(C)C#N)c1. The molecule has 0 aromatic heterocycles. The monoisotopic (exact) mass is 191 g/mol. The Bertz CT molecular complexity index is 363. The third kappa shape index (κ3) is 2.32. The number of rotatable bonds is 2. The van der Waals surface area contributed by atoms with Crippen LogP contribution in [0.1, 0.15) is 43.7 Å². The van der Waals surface area contributed by atoms with Gasteiger partial charge in [0.2, 0.25) is 0 Å². The van der Waals surface area contributed by atoms with Crippen LogP contribution in [0.3, 0.4) is 0 Å². The van der Waals surface area contributed by atoms with E-state index in [9.17, 15) is 4.39 Å². The average Bonchev–Trinajstić information content (AvgIpc) is 2.15. The third-order valence-electron chi connectivity index (χ3n) is 2.30. The van der Waals surface area contributed by atoms with E-state index in [2.05, 4.69) is 6.07 Å². The molecule has 0 aliphatic carbocycles. The van der Waals surface area contributed by atoms with Crippen molar-refractivity contribution in [1.29, 1.82) is 5.26 Å². The van der Waals surface area contributed by atoms with Crippen LogP contribution in [0.15, 0.2) is 18.2 Å². The molecule has 2 heteroatoms. The molecule has 1 rings (SSSR count).